The van der Waals surface area contributed by atoms with Gasteiger partial charge >= 0.3 is 0 Å². The number of piperidine rings is 1. The average Bonchev–Trinajstić information content (AvgIpc) is 2.47. The molecule has 0 saturated carbocycles. The van der Waals surface area contributed by atoms with Crippen LogP contribution in [0.15, 0.2) is 30.3 Å². The van der Waals surface area contributed by atoms with E-state index in [1.165, 1.54) is 12.8 Å². The van der Waals surface area contributed by atoms with Gasteiger partial charge in [-0.2, -0.15) is 5.26 Å². The van der Waals surface area contributed by atoms with Crippen molar-refractivity contribution in [1.82, 2.24) is 10.2 Å². The lowest BCUT2D eigenvalue weighted by Gasteiger charge is -2.28. The van der Waals surface area contributed by atoms with Crippen LogP contribution in [0.4, 0.5) is 0 Å². The molecule has 102 valence electrons. The largest absolute Gasteiger partial charge is 0.317 e. The predicted molar refractivity (Wildman–Crippen MR) is 77.9 cm³/mol. The lowest BCUT2D eigenvalue weighted by Crippen LogP contribution is -2.35. The molecule has 1 aromatic carbocycles. The third-order valence-electron chi connectivity index (χ3n) is 3.88. The van der Waals surface area contributed by atoms with Crippen molar-refractivity contribution in [2.45, 2.75) is 18.8 Å². The zero-order valence-corrected chi connectivity index (χ0v) is 11.7. The minimum absolute atomic E-state index is 0.0204. The van der Waals surface area contributed by atoms with E-state index in [1.54, 1.807) is 0 Å². The fraction of sp³-hybridized carbons (Fsp3) is 0.562. The Labute approximate surface area is 116 Å². The van der Waals surface area contributed by atoms with Crippen molar-refractivity contribution in [3.63, 3.8) is 0 Å². The quantitative estimate of drug-likeness (QED) is 0.879. The Balaban J connectivity index is 1.86. The van der Waals surface area contributed by atoms with Crippen molar-refractivity contribution in [2.75, 3.05) is 33.2 Å². The average molecular weight is 257 g/mol. The van der Waals surface area contributed by atoms with Gasteiger partial charge in [0.2, 0.25) is 0 Å². The fourth-order valence-electron chi connectivity index (χ4n) is 2.80. The first kappa shape index (κ1) is 14.0. The van der Waals surface area contributed by atoms with Crippen LogP contribution >= 0.6 is 0 Å². The molecule has 0 bridgehead atoms. The lowest BCUT2D eigenvalue weighted by molar-refractivity contribution is 0.237. The highest BCUT2D eigenvalue weighted by atomic mass is 15.1. The maximum atomic E-state index is 9.35. The molecular formula is C16H23N3. The molecule has 1 atom stereocenters. The van der Waals surface area contributed by atoms with Crippen molar-refractivity contribution < 1.29 is 0 Å². The molecule has 0 aromatic heterocycles. The molecule has 1 aromatic rings. The van der Waals surface area contributed by atoms with Gasteiger partial charge < -0.3 is 10.2 Å². The number of likely N-dealkylation sites (N-methyl/N-ethyl adjacent to an activating group) is 1. The van der Waals surface area contributed by atoms with E-state index in [0.717, 1.165) is 37.7 Å². The van der Waals surface area contributed by atoms with E-state index >= 15 is 0 Å². The summed E-state index contributed by atoms with van der Waals surface area (Å²) in [4.78, 5) is 2.32. The number of hydrogen-bond acceptors (Lipinski definition) is 3. The van der Waals surface area contributed by atoms with Crippen LogP contribution in [0.3, 0.4) is 0 Å². The maximum Gasteiger partial charge on any atom is 0.0839 e. The first-order valence-corrected chi connectivity index (χ1v) is 7.13. The van der Waals surface area contributed by atoms with Crippen LogP contribution < -0.4 is 5.32 Å². The molecule has 0 aliphatic carbocycles. The van der Waals surface area contributed by atoms with Gasteiger partial charge in [-0.1, -0.05) is 30.3 Å². The molecule has 3 heteroatoms. The molecule has 1 saturated heterocycles. The summed E-state index contributed by atoms with van der Waals surface area (Å²) < 4.78 is 0. The van der Waals surface area contributed by atoms with Crippen LogP contribution in [0, 0.1) is 17.2 Å². The van der Waals surface area contributed by atoms with E-state index in [0.29, 0.717) is 0 Å². The standard InChI is InChI=1S/C16H23N3/c1-19(12-14-7-9-18-10-8-14)13-16(11-17)15-5-3-2-4-6-15/h2-6,14,16,18H,7-10,12-13H2,1H3. The summed E-state index contributed by atoms with van der Waals surface area (Å²) in [6.07, 6.45) is 2.51. The topological polar surface area (TPSA) is 39.1 Å². The highest BCUT2D eigenvalue weighted by molar-refractivity contribution is 5.25. The molecule has 1 aliphatic heterocycles. The number of nitriles is 1. The fourth-order valence-corrected chi connectivity index (χ4v) is 2.80. The number of nitrogens with zero attached hydrogens (tertiary/aromatic N) is 2. The first-order valence-electron chi connectivity index (χ1n) is 7.13. The van der Waals surface area contributed by atoms with Crippen molar-refractivity contribution in [1.29, 1.82) is 5.26 Å². The van der Waals surface area contributed by atoms with Gasteiger partial charge in [-0.25, -0.2) is 0 Å². The second-order valence-corrected chi connectivity index (χ2v) is 5.51. The summed E-state index contributed by atoms with van der Waals surface area (Å²) in [6, 6.07) is 12.5. The zero-order chi connectivity index (χ0) is 13.5. The van der Waals surface area contributed by atoms with Crippen LogP contribution in [0.25, 0.3) is 0 Å². The number of rotatable bonds is 5. The molecule has 2 rings (SSSR count). The molecule has 1 heterocycles. The van der Waals surface area contributed by atoms with Gasteiger partial charge in [0.15, 0.2) is 0 Å². The van der Waals surface area contributed by atoms with Crippen molar-refractivity contribution in [3.05, 3.63) is 35.9 Å². The summed E-state index contributed by atoms with van der Waals surface area (Å²) in [6.45, 7) is 4.20. The van der Waals surface area contributed by atoms with Crippen molar-refractivity contribution in [2.24, 2.45) is 5.92 Å². The highest BCUT2D eigenvalue weighted by Crippen LogP contribution is 2.18. The second-order valence-electron chi connectivity index (χ2n) is 5.51. The van der Waals surface area contributed by atoms with E-state index in [1.807, 2.05) is 30.3 Å². The van der Waals surface area contributed by atoms with E-state index in [-0.39, 0.29) is 5.92 Å². The Morgan fingerprint density at radius 2 is 2.00 bits per heavy atom. The van der Waals surface area contributed by atoms with E-state index in [9.17, 15) is 5.26 Å². The van der Waals surface area contributed by atoms with Crippen LogP contribution in [-0.2, 0) is 0 Å². The molecular weight excluding hydrogens is 234 g/mol. The predicted octanol–water partition coefficient (Wildman–Crippen LogP) is 2.23. The van der Waals surface area contributed by atoms with Gasteiger partial charge in [-0.15, -0.1) is 0 Å². The molecule has 1 N–H and O–H groups in total. The number of benzene rings is 1. The molecule has 1 fully saturated rings. The van der Waals surface area contributed by atoms with Crippen LogP contribution in [0.1, 0.15) is 24.3 Å². The Bertz CT molecular complexity index is 404. The van der Waals surface area contributed by atoms with Crippen molar-refractivity contribution in [3.8, 4) is 6.07 Å². The summed E-state index contributed by atoms with van der Waals surface area (Å²) in [5.74, 6) is 0.759. The van der Waals surface area contributed by atoms with Gasteiger partial charge in [0.1, 0.15) is 0 Å². The normalized spacial score (nSPS) is 18.2. The van der Waals surface area contributed by atoms with E-state index < -0.39 is 0 Å². The van der Waals surface area contributed by atoms with Gasteiger partial charge in [0.05, 0.1) is 12.0 Å². The summed E-state index contributed by atoms with van der Waals surface area (Å²) in [5.41, 5.74) is 1.13. The minimum Gasteiger partial charge on any atom is -0.317 e. The smallest absolute Gasteiger partial charge is 0.0839 e. The second kappa shape index (κ2) is 7.28. The number of hydrogen-bond donors (Lipinski definition) is 1. The van der Waals surface area contributed by atoms with Crippen LogP contribution in [-0.4, -0.2) is 38.1 Å². The number of nitrogens with one attached hydrogen (secondary N) is 1. The maximum absolute atomic E-state index is 9.35. The molecule has 3 nitrogen and oxygen atoms in total. The summed E-state index contributed by atoms with van der Waals surface area (Å²) >= 11 is 0. The Hall–Kier alpha value is -1.37. The van der Waals surface area contributed by atoms with E-state index in [2.05, 4.69) is 23.3 Å². The third kappa shape index (κ3) is 4.34. The van der Waals surface area contributed by atoms with Crippen molar-refractivity contribution >= 4 is 0 Å². The van der Waals surface area contributed by atoms with Crippen LogP contribution in [0.2, 0.25) is 0 Å². The molecule has 0 radical (unpaired) electrons. The summed E-state index contributed by atoms with van der Waals surface area (Å²) in [7, 11) is 2.13. The van der Waals surface area contributed by atoms with Crippen LogP contribution in [0.5, 0.6) is 0 Å². The monoisotopic (exact) mass is 257 g/mol. The zero-order valence-electron chi connectivity index (χ0n) is 11.7. The van der Waals surface area contributed by atoms with E-state index in [4.69, 9.17) is 0 Å². The molecule has 0 amide bonds. The van der Waals surface area contributed by atoms with Gasteiger partial charge in [0.25, 0.3) is 0 Å². The van der Waals surface area contributed by atoms with Gasteiger partial charge in [-0.05, 0) is 44.5 Å². The highest BCUT2D eigenvalue weighted by Gasteiger charge is 2.18. The summed E-state index contributed by atoms with van der Waals surface area (Å²) in [5, 5.41) is 12.7. The minimum atomic E-state index is -0.0204. The Morgan fingerprint density at radius 3 is 2.63 bits per heavy atom. The Morgan fingerprint density at radius 1 is 1.32 bits per heavy atom. The molecule has 19 heavy (non-hydrogen) atoms. The molecule has 1 aliphatic rings. The first-order chi connectivity index (χ1) is 9.29. The Kier molecular flexibility index (Phi) is 5.38. The molecule has 1 unspecified atom stereocenters. The van der Waals surface area contributed by atoms with Gasteiger partial charge in [0, 0.05) is 13.1 Å². The lowest BCUT2D eigenvalue weighted by atomic mass is 9.96. The van der Waals surface area contributed by atoms with Gasteiger partial charge in [-0.3, -0.25) is 0 Å². The SMILES string of the molecule is CN(CC1CCNCC1)CC(C#N)c1ccccc1. The third-order valence-corrected chi connectivity index (χ3v) is 3.88. The molecule has 0 spiro atoms.